The van der Waals surface area contributed by atoms with Gasteiger partial charge in [-0.25, -0.2) is 0 Å². The molecular formula is C16H26N2O. The second-order valence-corrected chi connectivity index (χ2v) is 5.58. The molecule has 1 aliphatic rings. The molecule has 1 heterocycles. The van der Waals surface area contributed by atoms with Crippen LogP contribution < -0.4 is 10.5 Å². The molecule has 19 heavy (non-hydrogen) atoms. The van der Waals surface area contributed by atoms with Gasteiger partial charge in [-0.05, 0) is 36.8 Å². The number of nitrogens with two attached hydrogens (primary N) is 1. The number of ether oxygens (including phenoxy) is 1. The Hall–Kier alpha value is -1.09. The van der Waals surface area contributed by atoms with E-state index < -0.39 is 0 Å². The van der Waals surface area contributed by atoms with Gasteiger partial charge in [0.15, 0.2) is 0 Å². The molecule has 1 saturated carbocycles. The first-order valence-electron chi connectivity index (χ1n) is 7.64. The van der Waals surface area contributed by atoms with Gasteiger partial charge in [0.1, 0.15) is 5.75 Å². The van der Waals surface area contributed by atoms with Gasteiger partial charge in [-0.2, -0.15) is 0 Å². The average molecular weight is 262 g/mol. The standard InChI is InChI=1S/C16H26N2O/c1-2-9-19-15-10-14(11-18-12-15)16(17)13-7-5-3-4-6-8-13/h10-13,16H,2-9,17H2,1H3. The summed E-state index contributed by atoms with van der Waals surface area (Å²) in [6.07, 6.45) is 12.5. The fourth-order valence-corrected chi connectivity index (χ4v) is 2.86. The van der Waals surface area contributed by atoms with Crippen molar-refractivity contribution in [1.29, 1.82) is 0 Å². The Morgan fingerprint density at radius 2 is 2.00 bits per heavy atom. The maximum Gasteiger partial charge on any atom is 0.137 e. The van der Waals surface area contributed by atoms with Crippen molar-refractivity contribution in [2.45, 2.75) is 57.9 Å². The lowest BCUT2D eigenvalue weighted by Gasteiger charge is -2.22. The van der Waals surface area contributed by atoms with Crippen LogP contribution in [0.25, 0.3) is 0 Å². The Morgan fingerprint density at radius 3 is 2.68 bits per heavy atom. The van der Waals surface area contributed by atoms with Crippen LogP contribution in [0, 0.1) is 5.92 Å². The quantitative estimate of drug-likeness (QED) is 0.820. The van der Waals surface area contributed by atoms with Crippen molar-refractivity contribution in [3.8, 4) is 5.75 Å². The van der Waals surface area contributed by atoms with Crippen molar-refractivity contribution in [3.63, 3.8) is 0 Å². The third-order valence-electron chi connectivity index (χ3n) is 4.00. The van der Waals surface area contributed by atoms with Crippen LogP contribution in [0.4, 0.5) is 0 Å². The highest BCUT2D eigenvalue weighted by atomic mass is 16.5. The van der Waals surface area contributed by atoms with Gasteiger partial charge in [-0.15, -0.1) is 0 Å². The third kappa shape index (κ3) is 4.20. The number of pyridine rings is 1. The van der Waals surface area contributed by atoms with Crippen molar-refractivity contribution in [2.24, 2.45) is 11.7 Å². The maximum atomic E-state index is 6.44. The van der Waals surface area contributed by atoms with Crippen molar-refractivity contribution in [2.75, 3.05) is 6.61 Å². The summed E-state index contributed by atoms with van der Waals surface area (Å²) in [4.78, 5) is 4.27. The van der Waals surface area contributed by atoms with Crippen LogP contribution in [0.1, 0.15) is 63.5 Å². The Morgan fingerprint density at radius 1 is 1.26 bits per heavy atom. The summed E-state index contributed by atoms with van der Waals surface area (Å²) in [7, 11) is 0. The molecule has 106 valence electrons. The summed E-state index contributed by atoms with van der Waals surface area (Å²) >= 11 is 0. The first-order valence-corrected chi connectivity index (χ1v) is 7.64. The van der Waals surface area contributed by atoms with Gasteiger partial charge in [0.05, 0.1) is 12.8 Å². The minimum absolute atomic E-state index is 0.107. The first kappa shape index (κ1) is 14.3. The molecule has 0 bridgehead atoms. The highest BCUT2D eigenvalue weighted by Gasteiger charge is 2.21. The molecule has 0 radical (unpaired) electrons. The molecular weight excluding hydrogens is 236 g/mol. The van der Waals surface area contributed by atoms with E-state index in [4.69, 9.17) is 10.5 Å². The minimum Gasteiger partial charge on any atom is -0.492 e. The molecule has 1 unspecified atom stereocenters. The third-order valence-corrected chi connectivity index (χ3v) is 4.00. The fraction of sp³-hybridized carbons (Fsp3) is 0.688. The van der Waals surface area contributed by atoms with Crippen molar-refractivity contribution in [3.05, 3.63) is 24.0 Å². The summed E-state index contributed by atoms with van der Waals surface area (Å²) in [5.74, 6) is 1.45. The highest BCUT2D eigenvalue weighted by Crippen LogP contribution is 2.32. The lowest BCUT2D eigenvalue weighted by molar-refractivity contribution is 0.314. The summed E-state index contributed by atoms with van der Waals surface area (Å²) in [5.41, 5.74) is 7.57. The average Bonchev–Trinajstić information content (AvgIpc) is 2.73. The molecule has 0 amide bonds. The lowest BCUT2D eigenvalue weighted by atomic mass is 9.88. The molecule has 0 saturated heterocycles. The van der Waals surface area contributed by atoms with Crippen LogP contribution in [0.5, 0.6) is 5.75 Å². The van der Waals surface area contributed by atoms with E-state index in [0.29, 0.717) is 5.92 Å². The number of rotatable bonds is 5. The molecule has 3 nitrogen and oxygen atoms in total. The molecule has 0 spiro atoms. The predicted molar refractivity (Wildman–Crippen MR) is 78.1 cm³/mol. The van der Waals surface area contributed by atoms with E-state index in [-0.39, 0.29) is 6.04 Å². The van der Waals surface area contributed by atoms with Gasteiger partial charge < -0.3 is 10.5 Å². The van der Waals surface area contributed by atoms with Crippen LogP contribution in [0.15, 0.2) is 18.5 Å². The number of hydrogen-bond acceptors (Lipinski definition) is 3. The fourth-order valence-electron chi connectivity index (χ4n) is 2.86. The van der Waals surface area contributed by atoms with Crippen LogP contribution in [-0.2, 0) is 0 Å². The first-order chi connectivity index (χ1) is 9.31. The van der Waals surface area contributed by atoms with E-state index >= 15 is 0 Å². The maximum absolute atomic E-state index is 6.44. The van der Waals surface area contributed by atoms with Crippen molar-refractivity contribution in [1.82, 2.24) is 4.98 Å². The zero-order valence-corrected chi connectivity index (χ0v) is 12.0. The van der Waals surface area contributed by atoms with Gasteiger partial charge in [0.2, 0.25) is 0 Å². The minimum atomic E-state index is 0.107. The monoisotopic (exact) mass is 262 g/mol. The van der Waals surface area contributed by atoms with E-state index in [1.54, 1.807) is 6.20 Å². The molecule has 2 N–H and O–H groups in total. The number of nitrogens with zero attached hydrogens (tertiary/aromatic N) is 1. The Labute approximate surface area is 116 Å². The number of hydrogen-bond donors (Lipinski definition) is 1. The number of aromatic nitrogens is 1. The second kappa shape index (κ2) is 7.49. The summed E-state index contributed by atoms with van der Waals surface area (Å²) in [6.45, 7) is 2.85. The van der Waals surface area contributed by atoms with E-state index in [1.807, 2.05) is 6.20 Å². The zero-order chi connectivity index (χ0) is 13.5. The molecule has 3 heteroatoms. The van der Waals surface area contributed by atoms with E-state index in [1.165, 1.54) is 38.5 Å². The second-order valence-electron chi connectivity index (χ2n) is 5.58. The highest BCUT2D eigenvalue weighted by molar-refractivity contribution is 5.26. The van der Waals surface area contributed by atoms with Gasteiger partial charge in [0.25, 0.3) is 0 Å². The molecule has 1 fully saturated rings. The van der Waals surface area contributed by atoms with Gasteiger partial charge in [-0.3, -0.25) is 4.98 Å². The van der Waals surface area contributed by atoms with Crippen molar-refractivity contribution < 1.29 is 4.74 Å². The predicted octanol–water partition coefficient (Wildman–Crippen LogP) is 3.84. The van der Waals surface area contributed by atoms with E-state index in [2.05, 4.69) is 18.0 Å². The van der Waals surface area contributed by atoms with Crippen LogP contribution >= 0.6 is 0 Å². The topological polar surface area (TPSA) is 48.1 Å². The van der Waals surface area contributed by atoms with E-state index in [0.717, 1.165) is 24.3 Å². The van der Waals surface area contributed by atoms with Crippen molar-refractivity contribution >= 4 is 0 Å². The SMILES string of the molecule is CCCOc1cncc(C(N)C2CCCCCC2)c1. The molecule has 1 aromatic rings. The summed E-state index contributed by atoms with van der Waals surface area (Å²) < 4.78 is 5.64. The Kier molecular flexibility index (Phi) is 5.64. The smallest absolute Gasteiger partial charge is 0.137 e. The molecule has 1 atom stereocenters. The summed E-state index contributed by atoms with van der Waals surface area (Å²) in [6, 6.07) is 2.17. The largest absolute Gasteiger partial charge is 0.492 e. The molecule has 0 aliphatic heterocycles. The molecule has 1 aromatic heterocycles. The Balaban J connectivity index is 2.02. The molecule has 1 aliphatic carbocycles. The lowest BCUT2D eigenvalue weighted by Crippen LogP contribution is -2.21. The van der Waals surface area contributed by atoms with Gasteiger partial charge in [-0.1, -0.05) is 32.6 Å². The summed E-state index contributed by atoms with van der Waals surface area (Å²) in [5, 5.41) is 0. The normalized spacial score (nSPS) is 18.8. The Bertz CT molecular complexity index is 373. The van der Waals surface area contributed by atoms with Gasteiger partial charge in [0, 0.05) is 12.2 Å². The van der Waals surface area contributed by atoms with Gasteiger partial charge >= 0.3 is 0 Å². The van der Waals surface area contributed by atoms with Crippen LogP contribution in [-0.4, -0.2) is 11.6 Å². The van der Waals surface area contributed by atoms with Crippen LogP contribution in [0.2, 0.25) is 0 Å². The zero-order valence-electron chi connectivity index (χ0n) is 12.0. The van der Waals surface area contributed by atoms with E-state index in [9.17, 15) is 0 Å². The molecule has 0 aromatic carbocycles. The van der Waals surface area contributed by atoms with Crippen LogP contribution in [0.3, 0.4) is 0 Å². The molecule has 2 rings (SSSR count).